The molecule has 0 radical (unpaired) electrons. The third-order valence-corrected chi connectivity index (χ3v) is 3.56. The molecule has 1 amide bonds. The van der Waals surface area contributed by atoms with E-state index >= 15 is 0 Å². The van der Waals surface area contributed by atoms with Gasteiger partial charge < -0.3 is 10.2 Å². The summed E-state index contributed by atoms with van der Waals surface area (Å²) in [4.78, 5) is 13.9. The first-order chi connectivity index (χ1) is 8.02. The van der Waals surface area contributed by atoms with Crippen molar-refractivity contribution in [1.29, 1.82) is 0 Å². The summed E-state index contributed by atoms with van der Waals surface area (Å²) in [5.74, 6) is -0.130. The Balaban J connectivity index is 2.50. The lowest BCUT2D eigenvalue weighted by molar-refractivity contribution is 0.0952. The number of hydrogen-bond donors (Lipinski definition) is 1. The molecule has 0 saturated heterocycles. The molecule has 3 nitrogen and oxygen atoms in total. The fraction of sp³-hybridized carbons (Fsp3) is 0.417. The molecule has 1 rings (SSSR count). The second kappa shape index (κ2) is 6.99. The summed E-state index contributed by atoms with van der Waals surface area (Å²) in [6.07, 6.45) is 0.921. The van der Waals surface area contributed by atoms with Crippen molar-refractivity contribution in [2.75, 3.05) is 27.2 Å². The summed E-state index contributed by atoms with van der Waals surface area (Å²) >= 11 is 9.33. The highest BCUT2D eigenvalue weighted by molar-refractivity contribution is 9.10. The van der Waals surface area contributed by atoms with Crippen LogP contribution >= 0.6 is 27.5 Å². The fourth-order valence-electron chi connectivity index (χ4n) is 1.37. The van der Waals surface area contributed by atoms with Crippen LogP contribution in [-0.2, 0) is 0 Å². The van der Waals surface area contributed by atoms with Crippen LogP contribution in [0.3, 0.4) is 0 Å². The molecule has 0 aliphatic rings. The number of rotatable bonds is 5. The molecular formula is C12H16BrClN2O. The zero-order valence-electron chi connectivity index (χ0n) is 9.96. The summed E-state index contributed by atoms with van der Waals surface area (Å²) < 4.78 is 0.736. The average molecular weight is 320 g/mol. The number of nitrogens with zero attached hydrogens (tertiary/aromatic N) is 1. The van der Waals surface area contributed by atoms with Crippen LogP contribution in [-0.4, -0.2) is 38.0 Å². The summed E-state index contributed by atoms with van der Waals surface area (Å²) in [6, 6.07) is 5.32. The van der Waals surface area contributed by atoms with Crippen molar-refractivity contribution in [3.05, 3.63) is 33.3 Å². The molecule has 1 aromatic rings. The summed E-state index contributed by atoms with van der Waals surface area (Å²) in [5, 5.41) is 3.31. The van der Waals surface area contributed by atoms with E-state index in [2.05, 4.69) is 26.1 Å². The van der Waals surface area contributed by atoms with Crippen LogP contribution in [0.25, 0.3) is 0 Å². The molecule has 0 bridgehead atoms. The molecule has 0 aliphatic carbocycles. The van der Waals surface area contributed by atoms with Gasteiger partial charge in [0.05, 0.1) is 10.6 Å². The highest BCUT2D eigenvalue weighted by Gasteiger charge is 2.11. The van der Waals surface area contributed by atoms with Crippen molar-refractivity contribution in [3.63, 3.8) is 0 Å². The monoisotopic (exact) mass is 318 g/mol. The van der Waals surface area contributed by atoms with E-state index in [1.54, 1.807) is 12.1 Å². The van der Waals surface area contributed by atoms with Crippen molar-refractivity contribution in [3.8, 4) is 0 Å². The Morgan fingerprint density at radius 3 is 2.82 bits per heavy atom. The van der Waals surface area contributed by atoms with Crippen molar-refractivity contribution in [2.45, 2.75) is 6.42 Å². The molecule has 0 atom stereocenters. The van der Waals surface area contributed by atoms with E-state index in [-0.39, 0.29) is 5.91 Å². The van der Waals surface area contributed by atoms with E-state index in [0.717, 1.165) is 17.4 Å². The van der Waals surface area contributed by atoms with E-state index in [9.17, 15) is 4.79 Å². The van der Waals surface area contributed by atoms with Crippen LogP contribution in [0.5, 0.6) is 0 Å². The van der Waals surface area contributed by atoms with Crippen molar-refractivity contribution < 1.29 is 4.79 Å². The third kappa shape index (κ3) is 4.66. The van der Waals surface area contributed by atoms with Crippen LogP contribution in [0, 0.1) is 0 Å². The fourth-order valence-corrected chi connectivity index (χ4v) is 1.95. The van der Waals surface area contributed by atoms with E-state index in [4.69, 9.17) is 11.6 Å². The minimum atomic E-state index is -0.130. The molecule has 0 fully saturated rings. The molecule has 0 saturated carbocycles. The first-order valence-corrected chi connectivity index (χ1v) is 6.56. The van der Waals surface area contributed by atoms with Crippen LogP contribution in [0.2, 0.25) is 5.02 Å². The standard InChI is InChI=1S/C12H16BrClN2O/c1-16(2)8-4-7-15-12(17)9-5-3-6-10(13)11(9)14/h3,5-6H,4,7-8H2,1-2H3,(H,15,17). The number of hydrogen-bond acceptors (Lipinski definition) is 2. The van der Waals surface area contributed by atoms with Gasteiger partial charge in [-0.05, 0) is 55.1 Å². The van der Waals surface area contributed by atoms with Gasteiger partial charge in [-0.15, -0.1) is 0 Å². The number of carbonyl (C=O) groups is 1. The highest BCUT2D eigenvalue weighted by Crippen LogP contribution is 2.25. The largest absolute Gasteiger partial charge is 0.352 e. The maximum Gasteiger partial charge on any atom is 0.252 e. The Morgan fingerprint density at radius 2 is 2.18 bits per heavy atom. The van der Waals surface area contributed by atoms with E-state index in [1.807, 2.05) is 20.2 Å². The lowest BCUT2D eigenvalue weighted by Gasteiger charge is -2.10. The lowest BCUT2D eigenvalue weighted by Crippen LogP contribution is -2.27. The predicted octanol–water partition coefficient (Wildman–Crippen LogP) is 2.78. The van der Waals surface area contributed by atoms with Gasteiger partial charge in [-0.2, -0.15) is 0 Å². The molecule has 1 aromatic carbocycles. The van der Waals surface area contributed by atoms with Gasteiger partial charge in [0.2, 0.25) is 0 Å². The van der Waals surface area contributed by atoms with Gasteiger partial charge in [0.25, 0.3) is 5.91 Å². The SMILES string of the molecule is CN(C)CCCNC(=O)c1cccc(Br)c1Cl. The van der Waals surface area contributed by atoms with E-state index in [1.165, 1.54) is 0 Å². The second-order valence-corrected chi connectivity index (χ2v) is 5.25. The van der Waals surface area contributed by atoms with E-state index in [0.29, 0.717) is 17.1 Å². The Hall–Kier alpha value is -0.580. The van der Waals surface area contributed by atoms with Crippen LogP contribution in [0.1, 0.15) is 16.8 Å². The average Bonchev–Trinajstić information content (AvgIpc) is 2.27. The molecule has 17 heavy (non-hydrogen) atoms. The zero-order chi connectivity index (χ0) is 12.8. The predicted molar refractivity (Wildman–Crippen MR) is 74.7 cm³/mol. The summed E-state index contributed by atoms with van der Waals surface area (Å²) in [7, 11) is 4.01. The number of benzene rings is 1. The molecule has 0 unspecified atom stereocenters. The summed E-state index contributed by atoms with van der Waals surface area (Å²) in [6.45, 7) is 1.60. The molecule has 0 heterocycles. The second-order valence-electron chi connectivity index (χ2n) is 4.01. The van der Waals surface area contributed by atoms with Gasteiger partial charge in [0.15, 0.2) is 0 Å². The Kier molecular flexibility index (Phi) is 5.95. The quantitative estimate of drug-likeness (QED) is 0.847. The normalized spacial score (nSPS) is 10.6. The maximum absolute atomic E-state index is 11.8. The van der Waals surface area contributed by atoms with Crippen LogP contribution in [0.15, 0.2) is 22.7 Å². The lowest BCUT2D eigenvalue weighted by atomic mass is 10.2. The van der Waals surface area contributed by atoms with Gasteiger partial charge in [-0.1, -0.05) is 17.7 Å². The minimum absolute atomic E-state index is 0.130. The topological polar surface area (TPSA) is 32.3 Å². The molecule has 0 aliphatic heterocycles. The van der Waals surface area contributed by atoms with Gasteiger partial charge in [-0.3, -0.25) is 4.79 Å². The van der Waals surface area contributed by atoms with Crippen LogP contribution < -0.4 is 5.32 Å². The molecule has 5 heteroatoms. The number of amides is 1. The Bertz CT molecular complexity index is 396. The van der Waals surface area contributed by atoms with Crippen molar-refractivity contribution >= 4 is 33.4 Å². The summed E-state index contributed by atoms with van der Waals surface area (Å²) in [5.41, 5.74) is 0.505. The number of carbonyl (C=O) groups excluding carboxylic acids is 1. The third-order valence-electron chi connectivity index (χ3n) is 2.26. The van der Waals surface area contributed by atoms with Crippen molar-refractivity contribution in [1.82, 2.24) is 10.2 Å². The molecule has 0 spiro atoms. The van der Waals surface area contributed by atoms with Gasteiger partial charge >= 0.3 is 0 Å². The molecule has 1 N–H and O–H groups in total. The van der Waals surface area contributed by atoms with Crippen molar-refractivity contribution in [2.24, 2.45) is 0 Å². The smallest absolute Gasteiger partial charge is 0.252 e. The Labute approximate surface area is 115 Å². The molecule has 0 aromatic heterocycles. The van der Waals surface area contributed by atoms with E-state index < -0.39 is 0 Å². The first kappa shape index (κ1) is 14.5. The van der Waals surface area contributed by atoms with Gasteiger partial charge in [0.1, 0.15) is 0 Å². The zero-order valence-corrected chi connectivity index (χ0v) is 12.3. The minimum Gasteiger partial charge on any atom is -0.352 e. The van der Waals surface area contributed by atoms with Gasteiger partial charge in [0, 0.05) is 11.0 Å². The number of nitrogens with one attached hydrogen (secondary N) is 1. The Morgan fingerprint density at radius 1 is 1.47 bits per heavy atom. The van der Waals surface area contributed by atoms with Crippen LogP contribution in [0.4, 0.5) is 0 Å². The first-order valence-electron chi connectivity index (χ1n) is 5.39. The highest BCUT2D eigenvalue weighted by atomic mass is 79.9. The number of halogens is 2. The molecule has 94 valence electrons. The maximum atomic E-state index is 11.8. The van der Waals surface area contributed by atoms with Gasteiger partial charge in [-0.25, -0.2) is 0 Å². The molecular weight excluding hydrogens is 304 g/mol.